The summed E-state index contributed by atoms with van der Waals surface area (Å²) in [6.07, 6.45) is 5.99. The van der Waals surface area contributed by atoms with Crippen LogP contribution in [0.2, 0.25) is 0 Å². The van der Waals surface area contributed by atoms with E-state index in [0.717, 1.165) is 6.42 Å². The summed E-state index contributed by atoms with van der Waals surface area (Å²) in [6.45, 7) is 4.02. The quantitative estimate of drug-likeness (QED) is 0.729. The number of carbonyl (C=O) groups is 1. The van der Waals surface area contributed by atoms with Crippen LogP contribution in [-0.2, 0) is 4.79 Å². The zero-order valence-corrected chi connectivity index (χ0v) is 8.62. The van der Waals surface area contributed by atoms with Crippen molar-refractivity contribution in [3.8, 4) is 0 Å². The first-order valence-corrected chi connectivity index (χ1v) is 5.34. The van der Waals surface area contributed by atoms with E-state index in [-0.39, 0.29) is 11.8 Å². The molecule has 76 valence electrons. The Hall–Kier alpha value is -0.530. The summed E-state index contributed by atoms with van der Waals surface area (Å²) in [7, 11) is 0. The van der Waals surface area contributed by atoms with Crippen molar-refractivity contribution in [3.05, 3.63) is 0 Å². The molecule has 1 rings (SSSR count). The van der Waals surface area contributed by atoms with Gasteiger partial charge in [-0.1, -0.05) is 39.5 Å². The molecule has 1 N–H and O–H groups in total. The van der Waals surface area contributed by atoms with E-state index in [1.54, 1.807) is 0 Å². The van der Waals surface area contributed by atoms with Crippen molar-refractivity contribution in [2.24, 2.45) is 17.8 Å². The highest BCUT2D eigenvalue weighted by molar-refractivity contribution is 5.70. The number of hydrogen-bond acceptors (Lipinski definition) is 1. The molecule has 2 heteroatoms. The molecule has 0 aromatic heterocycles. The molecule has 0 aromatic rings. The number of hydrogen-bond donors (Lipinski definition) is 1. The lowest BCUT2D eigenvalue weighted by Crippen LogP contribution is -2.22. The standard InChI is InChI=1S/C11H20O2/c1-8(2)10(11(12)13)7-9-5-3-4-6-9/h8-10H,3-7H2,1-2H3,(H,12,13)/t10-/m1/s1. The van der Waals surface area contributed by atoms with Gasteiger partial charge < -0.3 is 5.11 Å². The number of rotatable bonds is 4. The van der Waals surface area contributed by atoms with Crippen molar-refractivity contribution in [3.63, 3.8) is 0 Å². The second-order valence-electron chi connectivity index (χ2n) is 4.57. The average molecular weight is 184 g/mol. The van der Waals surface area contributed by atoms with Crippen LogP contribution in [-0.4, -0.2) is 11.1 Å². The van der Waals surface area contributed by atoms with E-state index < -0.39 is 5.97 Å². The highest BCUT2D eigenvalue weighted by Gasteiger charge is 2.26. The van der Waals surface area contributed by atoms with Gasteiger partial charge in [0.05, 0.1) is 5.92 Å². The smallest absolute Gasteiger partial charge is 0.306 e. The third-order valence-corrected chi connectivity index (χ3v) is 3.18. The lowest BCUT2D eigenvalue weighted by molar-refractivity contribution is -0.144. The topological polar surface area (TPSA) is 37.3 Å². The van der Waals surface area contributed by atoms with E-state index >= 15 is 0 Å². The molecule has 1 aliphatic rings. The van der Waals surface area contributed by atoms with Crippen LogP contribution in [0.5, 0.6) is 0 Å². The van der Waals surface area contributed by atoms with E-state index in [1.807, 2.05) is 13.8 Å². The second-order valence-corrected chi connectivity index (χ2v) is 4.57. The van der Waals surface area contributed by atoms with Gasteiger partial charge in [0, 0.05) is 0 Å². The molecule has 0 bridgehead atoms. The van der Waals surface area contributed by atoms with Crippen molar-refractivity contribution >= 4 is 5.97 Å². The number of carboxylic acids is 1. The van der Waals surface area contributed by atoms with Crippen LogP contribution in [0.25, 0.3) is 0 Å². The zero-order valence-electron chi connectivity index (χ0n) is 8.62. The molecular weight excluding hydrogens is 164 g/mol. The first-order valence-electron chi connectivity index (χ1n) is 5.34. The van der Waals surface area contributed by atoms with Gasteiger partial charge in [-0.05, 0) is 18.3 Å². The molecule has 0 radical (unpaired) electrons. The lowest BCUT2D eigenvalue weighted by atomic mass is 9.86. The predicted molar refractivity (Wildman–Crippen MR) is 52.5 cm³/mol. The number of aliphatic carboxylic acids is 1. The monoisotopic (exact) mass is 184 g/mol. The van der Waals surface area contributed by atoms with E-state index in [1.165, 1.54) is 25.7 Å². The van der Waals surface area contributed by atoms with Crippen molar-refractivity contribution in [1.82, 2.24) is 0 Å². The molecule has 1 fully saturated rings. The zero-order chi connectivity index (χ0) is 9.84. The fourth-order valence-corrected chi connectivity index (χ4v) is 2.26. The normalized spacial score (nSPS) is 20.8. The summed E-state index contributed by atoms with van der Waals surface area (Å²) in [5.41, 5.74) is 0. The van der Waals surface area contributed by atoms with Crippen molar-refractivity contribution in [2.45, 2.75) is 46.0 Å². The van der Waals surface area contributed by atoms with Gasteiger partial charge in [0.2, 0.25) is 0 Å². The molecule has 0 saturated heterocycles. The first kappa shape index (κ1) is 10.6. The van der Waals surface area contributed by atoms with Crippen molar-refractivity contribution in [1.29, 1.82) is 0 Å². The Morgan fingerprint density at radius 1 is 1.38 bits per heavy atom. The maximum absolute atomic E-state index is 10.9. The Balaban J connectivity index is 2.41. The van der Waals surface area contributed by atoms with Gasteiger partial charge in [-0.15, -0.1) is 0 Å². The van der Waals surface area contributed by atoms with Crippen LogP contribution in [0.4, 0.5) is 0 Å². The highest BCUT2D eigenvalue weighted by atomic mass is 16.4. The van der Waals surface area contributed by atoms with Crippen molar-refractivity contribution in [2.75, 3.05) is 0 Å². The molecular formula is C11H20O2. The van der Waals surface area contributed by atoms with E-state index in [9.17, 15) is 4.79 Å². The second kappa shape index (κ2) is 4.64. The summed E-state index contributed by atoms with van der Waals surface area (Å²) in [4.78, 5) is 10.9. The molecule has 1 saturated carbocycles. The lowest BCUT2D eigenvalue weighted by Gasteiger charge is -2.19. The predicted octanol–water partition coefficient (Wildman–Crippen LogP) is 2.92. The summed E-state index contributed by atoms with van der Waals surface area (Å²) >= 11 is 0. The maximum Gasteiger partial charge on any atom is 0.306 e. The maximum atomic E-state index is 10.9. The SMILES string of the molecule is CC(C)[C@@H](CC1CCCC1)C(=O)O. The Kier molecular flexibility index (Phi) is 3.76. The molecule has 0 aliphatic heterocycles. The largest absolute Gasteiger partial charge is 0.481 e. The van der Waals surface area contributed by atoms with E-state index in [0.29, 0.717) is 5.92 Å². The third-order valence-electron chi connectivity index (χ3n) is 3.18. The van der Waals surface area contributed by atoms with Crippen LogP contribution >= 0.6 is 0 Å². The molecule has 0 unspecified atom stereocenters. The van der Waals surface area contributed by atoms with Gasteiger partial charge in [0.15, 0.2) is 0 Å². The van der Waals surface area contributed by atoms with Crippen LogP contribution < -0.4 is 0 Å². The average Bonchev–Trinajstić information content (AvgIpc) is 2.50. The van der Waals surface area contributed by atoms with Crippen molar-refractivity contribution < 1.29 is 9.90 Å². The molecule has 1 atom stereocenters. The van der Waals surface area contributed by atoms with Gasteiger partial charge in [-0.2, -0.15) is 0 Å². The molecule has 13 heavy (non-hydrogen) atoms. The minimum atomic E-state index is -0.609. The summed E-state index contributed by atoms with van der Waals surface area (Å²) < 4.78 is 0. The number of carboxylic acid groups (broad SMARTS) is 1. The van der Waals surface area contributed by atoms with Crippen LogP contribution in [0.15, 0.2) is 0 Å². The van der Waals surface area contributed by atoms with Gasteiger partial charge >= 0.3 is 5.97 Å². The molecule has 0 amide bonds. The third kappa shape index (κ3) is 3.02. The van der Waals surface area contributed by atoms with Gasteiger partial charge in [-0.25, -0.2) is 0 Å². The summed E-state index contributed by atoms with van der Waals surface area (Å²) in [5.74, 6) is 0.228. The van der Waals surface area contributed by atoms with Gasteiger partial charge in [0.1, 0.15) is 0 Å². The fraction of sp³-hybridized carbons (Fsp3) is 0.909. The van der Waals surface area contributed by atoms with E-state index in [2.05, 4.69) is 0 Å². The van der Waals surface area contributed by atoms with Gasteiger partial charge in [0.25, 0.3) is 0 Å². The minimum absolute atomic E-state index is 0.122. The van der Waals surface area contributed by atoms with Crippen LogP contribution in [0, 0.1) is 17.8 Å². The fourth-order valence-electron chi connectivity index (χ4n) is 2.26. The Labute approximate surface area is 80.3 Å². The van der Waals surface area contributed by atoms with Crippen LogP contribution in [0.1, 0.15) is 46.0 Å². The molecule has 2 nitrogen and oxygen atoms in total. The summed E-state index contributed by atoms with van der Waals surface area (Å²) in [5, 5.41) is 9.00. The first-order chi connectivity index (χ1) is 6.11. The highest BCUT2D eigenvalue weighted by Crippen LogP contribution is 2.32. The Morgan fingerprint density at radius 3 is 2.31 bits per heavy atom. The summed E-state index contributed by atoms with van der Waals surface area (Å²) in [6, 6.07) is 0. The molecule has 1 aliphatic carbocycles. The Bertz CT molecular complexity index is 169. The molecule has 0 aromatic carbocycles. The molecule has 0 spiro atoms. The van der Waals surface area contributed by atoms with Crippen LogP contribution in [0.3, 0.4) is 0 Å². The Morgan fingerprint density at radius 2 is 1.92 bits per heavy atom. The molecule has 0 heterocycles. The van der Waals surface area contributed by atoms with E-state index in [4.69, 9.17) is 5.11 Å². The minimum Gasteiger partial charge on any atom is -0.481 e. The van der Waals surface area contributed by atoms with Gasteiger partial charge in [-0.3, -0.25) is 4.79 Å².